The van der Waals surface area contributed by atoms with Gasteiger partial charge in [-0.2, -0.15) is 0 Å². The lowest BCUT2D eigenvalue weighted by atomic mass is 9.99. The van der Waals surface area contributed by atoms with Crippen LogP contribution in [0, 0.1) is 12.7 Å². The molecule has 0 aromatic heterocycles. The third-order valence-corrected chi connectivity index (χ3v) is 5.89. The number of nitrogens with zero attached hydrogens (tertiary/aromatic N) is 1. The van der Waals surface area contributed by atoms with Gasteiger partial charge in [0.15, 0.2) is 0 Å². The van der Waals surface area contributed by atoms with E-state index in [1.54, 1.807) is 36.4 Å². The van der Waals surface area contributed by atoms with E-state index in [0.29, 0.717) is 17.0 Å². The number of aryl methyl sites for hydroxylation is 1. The van der Waals surface area contributed by atoms with E-state index in [1.165, 1.54) is 18.2 Å². The number of hydrogen-bond donors (Lipinski definition) is 1. The second kappa shape index (κ2) is 9.46. The molecule has 1 aliphatic rings. The van der Waals surface area contributed by atoms with Crippen LogP contribution in [0.15, 0.2) is 90.5 Å². The van der Waals surface area contributed by atoms with E-state index in [4.69, 9.17) is 4.74 Å². The van der Waals surface area contributed by atoms with Gasteiger partial charge in [0.05, 0.1) is 5.69 Å². The molecule has 1 heterocycles. The summed E-state index contributed by atoms with van der Waals surface area (Å²) in [6.07, 6.45) is 1.45. The summed E-state index contributed by atoms with van der Waals surface area (Å²) >= 11 is 0. The zero-order chi connectivity index (χ0) is 25.2. The summed E-state index contributed by atoms with van der Waals surface area (Å²) in [4.78, 5) is 39.7. The minimum atomic E-state index is -0.807. The Kier molecular flexibility index (Phi) is 6.04. The van der Waals surface area contributed by atoms with Crippen molar-refractivity contribution in [3.8, 4) is 5.75 Å². The minimum Gasteiger partial charge on any atom is -0.488 e. The second-order valence-electron chi connectivity index (χ2n) is 8.41. The first-order valence-corrected chi connectivity index (χ1v) is 11.3. The lowest BCUT2D eigenvalue weighted by Gasteiger charge is -2.26. The smallest absolute Gasteiger partial charge is 0.335 e. The molecular weight excluding hydrogens is 459 g/mol. The fraction of sp³-hybridized carbons (Fsp3) is 0.0690. The number of hydrogen-bond acceptors (Lipinski definition) is 4. The summed E-state index contributed by atoms with van der Waals surface area (Å²) in [6, 6.07) is 23.2. The molecule has 0 saturated carbocycles. The van der Waals surface area contributed by atoms with Crippen LogP contribution in [-0.2, 0) is 16.2 Å². The average Bonchev–Trinajstić information content (AvgIpc) is 2.86. The van der Waals surface area contributed by atoms with Gasteiger partial charge >= 0.3 is 6.03 Å². The molecule has 4 aromatic rings. The van der Waals surface area contributed by atoms with Crippen molar-refractivity contribution < 1.29 is 23.5 Å². The van der Waals surface area contributed by atoms with Crippen molar-refractivity contribution in [2.24, 2.45) is 0 Å². The Morgan fingerprint density at radius 2 is 1.69 bits per heavy atom. The molecular formula is C29H21FN2O4. The summed E-state index contributed by atoms with van der Waals surface area (Å²) < 4.78 is 19.3. The Bertz CT molecular complexity index is 1540. The van der Waals surface area contributed by atoms with E-state index < -0.39 is 17.8 Å². The largest absolute Gasteiger partial charge is 0.488 e. The molecule has 4 amide bonds. The van der Waals surface area contributed by atoms with Crippen LogP contribution in [0.25, 0.3) is 16.8 Å². The fourth-order valence-electron chi connectivity index (χ4n) is 4.10. The lowest BCUT2D eigenvalue weighted by Crippen LogP contribution is -2.54. The quantitative estimate of drug-likeness (QED) is 0.301. The molecule has 1 saturated heterocycles. The van der Waals surface area contributed by atoms with Gasteiger partial charge in [-0.05, 0) is 65.2 Å². The number of anilines is 1. The van der Waals surface area contributed by atoms with Gasteiger partial charge in [0.1, 0.15) is 23.7 Å². The fourth-order valence-corrected chi connectivity index (χ4v) is 4.10. The van der Waals surface area contributed by atoms with Gasteiger partial charge in [-0.25, -0.2) is 14.1 Å². The highest BCUT2D eigenvalue weighted by atomic mass is 19.1. The molecule has 0 radical (unpaired) electrons. The van der Waals surface area contributed by atoms with Crippen molar-refractivity contribution in [2.45, 2.75) is 13.5 Å². The van der Waals surface area contributed by atoms with Crippen molar-refractivity contribution in [1.82, 2.24) is 5.32 Å². The number of carbonyl (C=O) groups is 3. The molecule has 0 bridgehead atoms. The number of barbiturate groups is 1. The number of amides is 4. The van der Waals surface area contributed by atoms with Crippen LogP contribution in [0.4, 0.5) is 14.9 Å². The highest BCUT2D eigenvalue weighted by Gasteiger charge is 2.37. The number of fused-ring (bicyclic) bond motifs is 1. The molecule has 1 fully saturated rings. The molecule has 1 aliphatic heterocycles. The Hall–Kier alpha value is -4.78. The van der Waals surface area contributed by atoms with E-state index in [0.717, 1.165) is 26.8 Å². The molecule has 7 heteroatoms. The Labute approximate surface area is 206 Å². The molecule has 6 nitrogen and oxygen atoms in total. The predicted molar refractivity (Wildman–Crippen MR) is 135 cm³/mol. The van der Waals surface area contributed by atoms with E-state index in [-0.39, 0.29) is 18.0 Å². The first kappa shape index (κ1) is 23.0. The molecule has 0 atom stereocenters. The number of ether oxygens (including phenoxy) is 1. The number of carbonyl (C=O) groups excluding carboxylic acids is 3. The number of benzene rings is 4. The zero-order valence-corrected chi connectivity index (χ0v) is 19.3. The Morgan fingerprint density at radius 3 is 2.47 bits per heavy atom. The van der Waals surface area contributed by atoms with Crippen LogP contribution < -0.4 is 15.0 Å². The predicted octanol–water partition coefficient (Wildman–Crippen LogP) is 5.53. The summed E-state index contributed by atoms with van der Waals surface area (Å²) in [6.45, 7) is 2.00. The number of urea groups is 1. The first-order chi connectivity index (χ1) is 17.4. The average molecular weight is 480 g/mol. The molecule has 36 heavy (non-hydrogen) atoms. The SMILES string of the molecule is Cc1cccc(N2C(=O)NC(=O)/C(=C\c3c(OCc4ccc(F)cc4)ccc4ccccc34)C2=O)c1. The highest BCUT2D eigenvalue weighted by Crippen LogP contribution is 2.32. The Morgan fingerprint density at radius 1 is 0.917 bits per heavy atom. The maximum absolute atomic E-state index is 13.4. The van der Waals surface area contributed by atoms with Crippen molar-refractivity contribution in [1.29, 1.82) is 0 Å². The summed E-state index contributed by atoms with van der Waals surface area (Å²) in [5, 5.41) is 3.91. The molecule has 0 aliphatic carbocycles. The van der Waals surface area contributed by atoms with Gasteiger partial charge < -0.3 is 4.74 Å². The topological polar surface area (TPSA) is 75.7 Å². The third kappa shape index (κ3) is 4.46. The molecule has 0 spiro atoms. The second-order valence-corrected chi connectivity index (χ2v) is 8.41. The summed E-state index contributed by atoms with van der Waals surface area (Å²) in [7, 11) is 0. The van der Waals surface area contributed by atoms with Crippen LogP contribution in [-0.4, -0.2) is 17.8 Å². The van der Waals surface area contributed by atoms with Gasteiger partial charge in [0, 0.05) is 5.56 Å². The molecule has 0 unspecified atom stereocenters. The number of halogens is 1. The highest BCUT2D eigenvalue weighted by molar-refractivity contribution is 6.39. The zero-order valence-electron chi connectivity index (χ0n) is 19.3. The van der Waals surface area contributed by atoms with Crippen LogP contribution in [0.2, 0.25) is 0 Å². The van der Waals surface area contributed by atoms with Crippen LogP contribution in [0.3, 0.4) is 0 Å². The van der Waals surface area contributed by atoms with E-state index in [2.05, 4.69) is 5.32 Å². The summed E-state index contributed by atoms with van der Waals surface area (Å²) in [5.74, 6) is -1.42. The number of nitrogens with one attached hydrogen (secondary N) is 1. The normalized spacial score (nSPS) is 14.9. The molecule has 178 valence electrons. The van der Waals surface area contributed by atoms with E-state index in [1.807, 2.05) is 43.3 Å². The van der Waals surface area contributed by atoms with Gasteiger partial charge in [-0.3, -0.25) is 14.9 Å². The van der Waals surface area contributed by atoms with Crippen LogP contribution in [0.5, 0.6) is 5.75 Å². The lowest BCUT2D eigenvalue weighted by molar-refractivity contribution is -0.122. The summed E-state index contributed by atoms with van der Waals surface area (Å²) in [5.41, 5.74) is 2.31. The van der Waals surface area contributed by atoms with Crippen molar-refractivity contribution in [3.05, 3.63) is 113 Å². The van der Waals surface area contributed by atoms with Crippen LogP contribution in [0.1, 0.15) is 16.7 Å². The van der Waals surface area contributed by atoms with Crippen molar-refractivity contribution in [3.63, 3.8) is 0 Å². The van der Waals surface area contributed by atoms with Crippen molar-refractivity contribution >= 4 is 40.4 Å². The van der Waals surface area contributed by atoms with E-state index >= 15 is 0 Å². The number of imide groups is 2. The maximum atomic E-state index is 13.4. The number of rotatable bonds is 5. The Balaban J connectivity index is 1.58. The molecule has 1 N–H and O–H groups in total. The third-order valence-electron chi connectivity index (χ3n) is 5.89. The molecule has 4 aromatic carbocycles. The van der Waals surface area contributed by atoms with Gasteiger partial charge in [-0.1, -0.05) is 54.6 Å². The maximum Gasteiger partial charge on any atom is 0.335 e. The molecule has 5 rings (SSSR count). The van der Waals surface area contributed by atoms with Crippen LogP contribution >= 0.6 is 0 Å². The standard InChI is InChI=1S/C29H21FN2O4/c1-18-5-4-7-22(15-18)32-28(34)25(27(33)31-29(32)35)16-24-23-8-3-2-6-20(23)11-14-26(24)36-17-19-9-12-21(30)13-10-19/h2-16H,17H2,1H3,(H,31,33,35)/b25-16+. The monoisotopic (exact) mass is 480 g/mol. The first-order valence-electron chi connectivity index (χ1n) is 11.3. The van der Waals surface area contributed by atoms with Crippen molar-refractivity contribution in [2.75, 3.05) is 4.90 Å². The van der Waals surface area contributed by atoms with Gasteiger partial charge in [0.2, 0.25) is 0 Å². The van der Waals surface area contributed by atoms with Gasteiger partial charge in [-0.15, -0.1) is 0 Å². The van der Waals surface area contributed by atoms with E-state index in [9.17, 15) is 18.8 Å². The van der Waals surface area contributed by atoms with Gasteiger partial charge in [0.25, 0.3) is 11.8 Å². The minimum absolute atomic E-state index is 0.156.